The summed E-state index contributed by atoms with van der Waals surface area (Å²) >= 11 is 1.22. The van der Waals surface area contributed by atoms with Gasteiger partial charge in [0.25, 0.3) is 5.91 Å². The molecule has 1 aliphatic heterocycles. The van der Waals surface area contributed by atoms with Crippen molar-refractivity contribution in [3.05, 3.63) is 35.3 Å². The van der Waals surface area contributed by atoms with E-state index >= 15 is 0 Å². The highest BCUT2D eigenvalue weighted by atomic mass is 32.2. The highest BCUT2D eigenvalue weighted by Crippen LogP contribution is 2.33. The number of hydrogen-bond acceptors (Lipinski definition) is 8. The van der Waals surface area contributed by atoms with Crippen LogP contribution in [0.2, 0.25) is 0 Å². The van der Waals surface area contributed by atoms with Crippen LogP contribution in [0, 0.1) is 0 Å². The third-order valence-corrected chi connectivity index (χ3v) is 7.42. The van der Waals surface area contributed by atoms with Gasteiger partial charge in [-0.25, -0.2) is 8.42 Å². The zero-order valence-electron chi connectivity index (χ0n) is 14.5. The van der Waals surface area contributed by atoms with Crippen molar-refractivity contribution >= 4 is 37.9 Å². The highest BCUT2D eigenvalue weighted by Gasteiger charge is 2.36. The number of carbonyl (C=O) groups excluding carboxylic acids is 1. The van der Waals surface area contributed by atoms with Gasteiger partial charge in [-0.2, -0.15) is 5.10 Å². The largest absolute Gasteiger partial charge is 0.296 e. The lowest BCUT2D eigenvalue weighted by Crippen LogP contribution is -2.27. The summed E-state index contributed by atoms with van der Waals surface area (Å²) in [7, 11) is -3.26. The van der Waals surface area contributed by atoms with Gasteiger partial charge in [0.1, 0.15) is 5.51 Å². The first-order valence-electron chi connectivity index (χ1n) is 8.79. The Bertz CT molecular complexity index is 945. The smallest absolute Gasteiger partial charge is 0.278 e. The molecule has 2 heterocycles. The molecule has 4 rings (SSSR count). The molecule has 142 valence electrons. The number of anilines is 1. The number of hydrazone groups is 1. The number of nitrogens with zero attached hydrogens (tertiary/aromatic N) is 4. The molecule has 8 nitrogen and oxygen atoms in total. The van der Waals surface area contributed by atoms with Crippen LogP contribution in [0.15, 0.2) is 39.8 Å². The predicted molar refractivity (Wildman–Crippen MR) is 103 cm³/mol. The number of aromatic nitrogens is 2. The number of sulfone groups is 1. The second-order valence-electron chi connectivity index (χ2n) is 6.58. The predicted octanol–water partition coefficient (Wildman–Crippen LogP) is 1.91. The summed E-state index contributed by atoms with van der Waals surface area (Å²) in [5.41, 5.74) is 2.34. The van der Waals surface area contributed by atoms with E-state index in [0.29, 0.717) is 15.6 Å². The first-order chi connectivity index (χ1) is 13.0. The van der Waals surface area contributed by atoms with Gasteiger partial charge in [0.05, 0.1) is 10.1 Å². The molecular weight excluding hydrogens is 386 g/mol. The van der Waals surface area contributed by atoms with Crippen molar-refractivity contribution in [3.8, 4) is 0 Å². The van der Waals surface area contributed by atoms with Gasteiger partial charge in [-0.3, -0.25) is 15.1 Å². The molecule has 2 aromatic rings. The van der Waals surface area contributed by atoms with Crippen molar-refractivity contribution in [2.75, 3.05) is 18.4 Å². The standard InChI is InChI=1S/C17H19N5O3S2/c23-16(19-17-20-18-11-26-17)15(21-22-9-1-2-10-22)12-3-5-13(6-4-12)27(24,25)14-7-8-14/h3-6,11,14H,1-2,7-10H2,(H,19,20,23). The third kappa shape index (κ3) is 4.01. The normalized spacial score (nSPS) is 17.9. The summed E-state index contributed by atoms with van der Waals surface area (Å²) in [5.74, 6) is -0.392. The van der Waals surface area contributed by atoms with E-state index in [4.69, 9.17) is 0 Å². The summed E-state index contributed by atoms with van der Waals surface area (Å²) in [4.78, 5) is 13.0. The first-order valence-corrected chi connectivity index (χ1v) is 11.2. The maximum atomic E-state index is 12.8. The van der Waals surface area contributed by atoms with Crippen LogP contribution in [0.4, 0.5) is 5.13 Å². The van der Waals surface area contributed by atoms with Gasteiger partial charge >= 0.3 is 0 Å². The van der Waals surface area contributed by atoms with Gasteiger partial charge in [0, 0.05) is 18.7 Å². The lowest BCUT2D eigenvalue weighted by Gasteiger charge is -2.14. The zero-order valence-corrected chi connectivity index (χ0v) is 16.2. The number of rotatable bonds is 6. The molecule has 1 amide bonds. The van der Waals surface area contributed by atoms with Crippen LogP contribution in [-0.4, -0.2) is 53.6 Å². The molecule has 1 aliphatic carbocycles. The van der Waals surface area contributed by atoms with Crippen molar-refractivity contribution in [2.24, 2.45) is 5.10 Å². The van der Waals surface area contributed by atoms with Gasteiger partial charge in [-0.1, -0.05) is 23.5 Å². The minimum Gasteiger partial charge on any atom is -0.296 e. The minimum atomic E-state index is -3.26. The van der Waals surface area contributed by atoms with Crippen LogP contribution in [0.25, 0.3) is 0 Å². The molecular formula is C17H19N5O3S2. The second-order valence-corrected chi connectivity index (χ2v) is 9.64. The summed E-state index contributed by atoms with van der Waals surface area (Å²) < 4.78 is 24.7. The maximum absolute atomic E-state index is 12.8. The van der Waals surface area contributed by atoms with Crippen LogP contribution < -0.4 is 5.32 Å². The number of hydrogen-bond donors (Lipinski definition) is 1. The lowest BCUT2D eigenvalue weighted by atomic mass is 10.1. The molecule has 1 aromatic heterocycles. The molecule has 27 heavy (non-hydrogen) atoms. The average molecular weight is 406 g/mol. The van der Waals surface area contributed by atoms with E-state index in [-0.39, 0.29) is 11.0 Å². The highest BCUT2D eigenvalue weighted by molar-refractivity contribution is 7.92. The van der Waals surface area contributed by atoms with Crippen LogP contribution in [0.1, 0.15) is 31.2 Å². The van der Waals surface area contributed by atoms with Gasteiger partial charge in [0.2, 0.25) is 5.13 Å². The average Bonchev–Trinajstić information content (AvgIpc) is 3.18. The van der Waals surface area contributed by atoms with Crippen LogP contribution >= 0.6 is 11.3 Å². The number of amides is 1. The minimum absolute atomic E-state index is 0.238. The third-order valence-electron chi connectivity index (χ3n) is 4.54. The Hall–Kier alpha value is -2.33. The Morgan fingerprint density at radius 3 is 2.48 bits per heavy atom. The van der Waals surface area contributed by atoms with E-state index in [0.717, 1.165) is 38.8 Å². The Kier molecular flexibility index (Phi) is 4.92. The van der Waals surface area contributed by atoms with Gasteiger partial charge in [-0.15, -0.1) is 10.2 Å². The Balaban J connectivity index is 1.62. The van der Waals surface area contributed by atoms with E-state index in [1.54, 1.807) is 24.3 Å². The van der Waals surface area contributed by atoms with Crippen molar-refractivity contribution < 1.29 is 13.2 Å². The van der Waals surface area contributed by atoms with Gasteiger partial charge in [0.15, 0.2) is 15.5 Å². The maximum Gasteiger partial charge on any atom is 0.278 e. The van der Waals surface area contributed by atoms with Gasteiger partial charge < -0.3 is 0 Å². The van der Waals surface area contributed by atoms with E-state index in [9.17, 15) is 13.2 Å². The first kappa shape index (κ1) is 18.1. The van der Waals surface area contributed by atoms with Gasteiger partial charge in [-0.05, 0) is 37.8 Å². The molecule has 2 fully saturated rings. The molecule has 0 spiro atoms. The zero-order chi connectivity index (χ0) is 18.9. The van der Waals surface area contributed by atoms with Crippen LogP contribution in [0.3, 0.4) is 0 Å². The van der Waals surface area contributed by atoms with E-state index < -0.39 is 15.7 Å². The second kappa shape index (κ2) is 7.35. The molecule has 0 unspecified atom stereocenters. The topological polar surface area (TPSA) is 105 Å². The van der Waals surface area contributed by atoms with E-state index in [2.05, 4.69) is 20.6 Å². The number of carbonyl (C=O) groups is 1. The molecule has 0 radical (unpaired) electrons. The fraction of sp³-hybridized carbons (Fsp3) is 0.412. The lowest BCUT2D eigenvalue weighted by molar-refractivity contribution is -0.110. The molecule has 2 aliphatic rings. The fourth-order valence-electron chi connectivity index (χ4n) is 2.93. The molecule has 0 atom stereocenters. The van der Waals surface area contributed by atoms with Crippen molar-refractivity contribution in [2.45, 2.75) is 35.8 Å². The summed E-state index contributed by atoms with van der Waals surface area (Å²) in [6, 6.07) is 6.40. The van der Waals surface area contributed by atoms with Crippen molar-refractivity contribution in [1.82, 2.24) is 15.2 Å². The number of benzene rings is 1. The summed E-state index contributed by atoms with van der Waals surface area (Å²) in [6.07, 6.45) is 3.51. The Morgan fingerprint density at radius 2 is 1.89 bits per heavy atom. The molecule has 0 bridgehead atoms. The summed E-state index contributed by atoms with van der Waals surface area (Å²) in [6.45, 7) is 1.59. The number of nitrogens with one attached hydrogen (secondary N) is 1. The van der Waals surface area contributed by atoms with Crippen molar-refractivity contribution in [1.29, 1.82) is 0 Å². The molecule has 1 aromatic carbocycles. The quantitative estimate of drug-likeness (QED) is 0.736. The SMILES string of the molecule is O=C(Nc1nncs1)C(=NN1CCCC1)c1ccc(S(=O)(=O)C2CC2)cc1. The molecule has 1 N–H and O–H groups in total. The van der Waals surface area contributed by atoms with Crippen LogP contribution in [-0.2, 0) is 14.6 Å². The van der Waals surface area contributed by atoms with E-state index in [1.165, 1.54) is 16.8 Å². The Labute approximate surface area is 161 Å². The monoisotopic (exact) mass is 405 g/mol. The molecule has 1 saturated heterocycles. The van der Waals surface area contributed by atoms with Crippen LogP contribution in [0.5, 0.6) is 0 Å². The Morgan fingerprint density at radius 1 is 1.19 bits per heavy atom. The van der Waals surface area contributed by atoms with Crippen molar-refractivity contribution in [3.63, 3.8) is 0 Å². The molecule has 10 heteroatoms. The molecule has 1 saturated carbocycles. The fourth-order valence-corrected chi connectivity index (χ4v) is 5.03. The summed E-state index contributed by atoms with van der Waals surface area (Å²) in [5, 5.41) is 16.7. The van der Waals surface area contributed by atoms with E-state index in [1.807, 2.05) is 5.01 Å².